The molecular weight excluding hydrogens is 278 g/mol. The number of nitrogens with zero attached hydrogens (tertiary/aromatic N) is 1. The lowest BCUT2D eigenvalue weighted by atomic mass is 10.3. The molecule has 3 rings (SSSR count). The van der Waals surface area contributed by atoms with Gasteiger partial charge in [-0.2, -0.15) is 0 Å². The summed E-state index contributed by atoms with van der Waals surface area (Å²) in [6.07, 6.45) is 0. The van der Waals surface area contributed by atoms with Crippen molar-refractivity contribution >= 4 is 22.7 Å². The molecule has 4 nitrogen and oxygen atoms in total. The zero-order valence-electron chi connectivity index (χ0n) is 11.0. The van der Waals surface area contributed by atoms with E-state index in [1.54, 1.807) is 12.1 Å². The van der Waals surface area contributed by atoms with Crippen molar-refractivity contribution in [2.75, 3.05) is 5.32 Å². The fourth-order valence-electron chi connectivity index (χ4n) is 1.91. The van der Waals surface area contributed by atoms with Crippen molar-refractivity contribution in [1.29, 1.82) is 0 Å². The molecule has 0 aliphatic rings. The van der Waals surface area contributed by atoms with Crippen LogP contribution in [0.15, 0.2) is 40.8 Å². The maximum Gasteiger partial charge on any atom is 0.291 e. The van der Waals surface area contributed by atoms with Crippen LogP contribution in [-0.4, -0.2) is 10.9 Å². The summed E-state index contributed by atoms with van der Waals surface area (Å²) in [6, 6.07) is 7.71. The molecule has 1 aromatic carbocycles. The van der Waals surface area contributed by atoms with Gasteiger partial charge < -0.3 is 9.73 Å². The fraction of sp³-hybridized carbons (Fsp3) is 0.0667. The van der Waals surface area contributed by atoms with E-state index in [0.29, 0.717) is 11.1 Å². The first-order chi connectivity index (χ1) is 10.0. The van der Waals surface area contributed by atoms with Crippen molar-refractivity contribution in [3.8, 4) is 0 Å². The second-order valence-corrected chi connectivity index (χ2v) is 4.52. The Morgan fingerprint density at radius 1 is 1.19 bits per heavy atom. The van der Waals surface area contributed by atoms with Gasteiger partial charge in [-0.25, -0.2) is 13.8 Å². The van der Waals surface area contributed by atoms with E-state index in [2.05, 4.69) is 10.3 Å². The highest BCUT2D eigenvalue weighted by Gasteiger charge is 2.15. The van der Waals surface area contributed by atoms with Crippen molar-refractivity contribution < 1.29 is 18.0 Å². The normalized spacial score (nSPS) is 10.8. The van der Waals surface area contributed by atoms with Crippen LogP contribution in [0.2, 0.25) is 0 Å². The maximum atomic E-state index is 13.5. The van der Waals surface area contributed by atoms with E-state index in [9.17, 15) is 13.6 Å². The number of pyridine rings is 1. The summed E-state index contributed by atoms with van der Waals surface area (Å²) >= 11 is 0. The van der Waals surface area contributed by atoms with Gasteiger partial charge in [-0.1, -0.05) is 0 Å². The minimum atomic E-state index is -0.727. The van der Waals surface area contributed by atoms with Crippen LogP contribution < -0.4 is 5.32 Å². The molecule has 0 fully saturated rings. The van der Waals surface area contributed by atoms with Gasteiger partial charge in [0.25, 0.3) is 5.91 Å². The first-order valence-corrected chi connectivity index (χ1v) is 6.16. The molecule has 0 aliphatic heterocycles. The number of halogens is 2. The minimum Gasteiger partial charge on any atom is -0.449 e. The van der Waals surface area contributed by atoms with Gasteiger partial charge in [0, 0.05) is 17.8 Å². The van der Waals surface area contributed by atoms with Crippen LogP contribution >= 0.6 is 0 Å². The summed E-state index contributed by atoms with van der Waals surface area (Å²) in [7, 11) is 0. The molecule has 0 saturated carbocycles. The number of aryl methyl sites for hydroxylation is 1. The molecule has 0 radical (unpaired) electrons. The average molecular weight is 288 g/mol. The topological polar surface area (TPSA) is 55.1 Å². The van der Waals surface area contributed by atoms with Crippen LogP contribution in [0.3, 0.4) is 0 Å². The van der Waals surface area contributed by atoms with E-state index in [0.717, 1.165) is 23.9 Å². The van der Waals surface area contributed by atoms with Crippen molar-refractivity contribution in [2.24, 2.45) is 0 Å². The van der Waals surface area contributed by atoms with Crippen LogP contribution in [0.5, 0.6) is 0 Å². The largest absolute Gasteiger partial charge is 0.449 e. The lowest BCUT2D eigenvalue weighted by Crippen LogP contribution is -2.12. The number of amides is 1. The van der Waals surface area contributed by atoms with Crippen molar-refractivity contribution in [1.82, 2.24) is 4.98 Å². The van der Waals surface area contributed by atoms with Gasteiger partial charge in [-0.05, 0) is 31.2 Å². The maximum absolute atomic E-state index is 13.5. The third-order valence-corrected chi connectivity index (χ3v) is 2.91. The molecule has 3 aromatic rings. The predicted molar refractivity (Wildman–Crippen MR) is 73.1 cm³/mol. The number of hydrogen-bond donors (Lipinski definition) is 1. The van der Waals surface area contributed by atoms with E-state index >= 15 is 0 Å². The molecule has 2 aromatic heterocycles. The molecule has 0 saturated heterocycles. The molecule has 21 heavy (non-hydrogen) atoms. The molecule has 0 bridgehead atoms. The third kappa shape index (κ3) is 2.60. The van der Waals surface area contributed by atoms with Gasteiger partial charge in [0.2, 0.25) is 0 Å². The number of anilines is 1. The van der Waals surface area contributed by atoms with E-state index in [1.165, 1.54) is 6.07 Å². The van der Waals surface area contributed by atoms with E-state index in [1.807, 2.05) is 6.92 Å². The number of hydrogen-bond acceptors (Lipinski definition) is 3. The van der Waals surface area contributed by atoms with Gasteiger partial charge in [-0.15, -0.1) is 0 Å². The summed E-state index contributed by atoms with van der Waals surface area (Å²) in [6.45, 7) is 1.81. The molecular formula is C15H10F2N2O2. The Hall–Kier alpha value is -2.76. The van der Waals surface area contributed by atoms with Crippen LogP contribution in [0.1, 0.15) is 16.2 Å². The number of furan rings is 1. The second-order valence-electron chi connectivity index (χ2n) is 4.52. The fourth-order valence-corrected chi connectivity index (χ4v) is 1.91. The van der Waals surface area contributed by atoms with Crippen LogP contribution in [0.25, 0.3) is 11.1 Å². The Morgan fingerprint density at radius 2 is 2.00 bits per heavy atom. The smallest absolute Gasteiger partial charge is 0.291 e. The molecule has 0 aliphatic carbocycles. The van der Waals surface area contributed by atoms with E-state index in [-0.39, 0.29) is 11.4 Å². The number of carbonyl (C=O) groups is 1. The molecule has 2 heterocycles. The number of benzene rings is 1. The standard InChI is InChI=1S/C15H10F2N2O2/c1-8-2-5-13-12(18-8)7-14(21-13)15(20)19-11-6-9(16)3-4-10(11)17/h2-7H,1H3,(H,19,20). The predicted octanol–water partition coefficient (Wildman–Crippen LogP) is 3.67. The number of rotatable bonds is 2. The van der Waals surface area contributed by atoms with Crippen LogP contribution in [0.4, 0.5) is 14.5 Å². The summed E-state index contributed by atoms with van der Waals surface area (Å²) in [5.74, 6) is -2.06. The van der Waals surface area contributed by atoms with Gasteiger partial charge in [0.05, 0.1) is 5.69 Å². The molecule has 1 amide bonds. The highest BCUT2D eigenvalue weighted by atomic mass is 19.1. The Morgan fingerprint density at radius 3 is 2.81 bits per heavy atom. The Bertz CT molecular complexity index is 843. The summed E-state index contributed by atoms with van der Waals surface area (Å²) in [4.78, 5) is 16.2. The van der Waals surface area contributed by atoms with Gasteiger partial charge in [0.15, 0.2) is 11.3 Å². The Labute approximate surface area is 118 Å². The van der Waals surface area contributed by atoms with Gasteiger partial charge in [-0.3, -0.25) is 4.79 Å². The zero-order valence-corrected chi connectivity index (χ0v) is 11.0. The number of carbonyl (C=O) groups excluding carboxylic acids is 1. The zero-order chi connectivity index (χ0) is 15.0. The summed E-state index contributed by atoms with van der Waals surface area (Å²) in [5.41, 5.74) is 1.52. The highest BCUT2D eigenvalue weighted by molar-refractivity contribution is 6.04. The quantitative estimate of drug-likeness (QED) is 0.782. The first kappa shape index (κ1) is 13.2. The molecule has 0 atom stereocenters. The number of nitrogens with one attached hydrogen (secondary N) is 1. The Kier molecular flexibility index (Phi) is 3.13. The lowest BCUT2D eigenvalue weighted by Gasteiger charge is -2.04. The van der Waals surface area contributed by atoms with E-state index in [4.69, 9.17) is 4.42 Å². The number of fused-ring (bicyclic) bond motifs is 1. The first-order valence-electron chi connectivity index (χ1n) is 6.16. The second kappa shape index (κ2) is 4.97. The van der Waals surface area contributed by atoms with Gasteiger partial charge >= 0.3 is 0 Å². The molecule has 106 valence electrons. The van der Waals surface area contributed by atoms with Crippen molar-refractivity contribution in [3.05, 3.63) is 59.5 Å². The van der Waals surface area contributed by atoms with Gasteiger partial charge in [0.1, 0.15) is 17.2 Å². The molecule has 1 N–H and O–H groups in total. The van der Waals surface area contributed by atoms with E-state index < -0.39 is 17.5 Å². The monoisotopic (exact) mass is 288 g/mol. The van der Waals surface area contributed by atoms with Crippen molar-refractivity contribution in [3.63, 3.8) is 0 Å². The van der Waals surface area contributed by atoms with Crippen LogP contribution in [-0.2, 0) is 0 Å². The lowest BCUT2D eigenvalue weighted by molar-refractivity contribution is 0.0998. The third-order valence-electron chi connectivity index (χ3n) is 2.91. The summed E-state index contributed by atoms with van der Waals surface area (Å²) in [5, 5.41) is 2.27. The number of aromatic nitrogens is 1. The van der Waals surface area contributed by atoms with Crippen LogP contribution in [0, 0.1) is 18.6 Å². The molecule has 6 heteroatoms. The minimum absolute atomic E-state index is 0.0215. The molecule has 0 spiro atoms. The Balaban J connectivity index is 1.91. The average Bonchev–Trinajstić information content (AvgIpc) is 2.86. The summed E-state index contributed by atoms with van der Waals surface area (Å²) < 4.78 is 31.9. The van der Waals surface area contributed by atoms with Crippen molar-refractivity contribution in [2.45, 2.75) is 6.92 Å². The SMILES string of the molecule is Cc1ccc2oc(C(=O)Nc3cc(F)ccc3F)cc2n1. The molecule has 0 unspecified atom stereocenters. The highest BCUT2D eigenvalue weighted by Crippen LogP contribution is 2.20.